The molecule has 3 aromatic rings. The number of amides is 1. The molecule has 0 aromatic carbocycles. The number of thiophene rings is 1. The number of nitrogens with one attached hydrogen (secondary N) is 3. The lowest BCUT2D eigenvalue weighted by molar-refractivity contribution is 0.0948. The van der Waals surface area contributed by atoms with E-state index in [2.05, 4.69) is 43.3 Å². The number of fused-ring (bicyclic) bond motifs is 1. The van der Waals surface area contributed by atoms with Crippen molar-refractivity contribution < 1.29 is 4.79 Å². The molecule has 0 aliphatic carbocycles. The minimum absolute atomic E-state index is 0. The van der Waals surface area contributed by atoms with E-state index in [4.69, 9.17) is 0 Å². The molecule has 4 heterocycles. The molecule has 4 rings (SSSR count). The number of aromatic nitrogens is 3. The Balaban J connectivity index is 0.00000196. The molecule has 26 heavy (non-hydrogen) atoms. The van der Waals surface area contributed by atoms with Crippen LogP contribution < -0.4 is 10.6 Å². The second kappa shape index (κ2) is 8.30. The molecular weight excluding hydrogens is 390 g/mol. The van der Waals surface area contributed by atoms with Gasteiger partial charge in [0.05, 0.1) is 15.6 Å². The average molecular weight is 410 g/mol. The van der Waals surface area contributed by atoms with Crippen molar-refractivity contribution in [1.82, 2.24) is 25.8 Å². The minimum Gasteiger partial charge on any atom is -0.350 e. The van der Waals surface area contributed by atoms with E-state index in [1.54, 1.807) is 22.7 Å². The highest BCUT2D eigenvalue weighted by molar-refractivity contribution is 7.16. The van der Waals surface area contributed by atoms with Crippen LogP contribution in [0.15, 0.2) is 17.5 Å². The van der Waals surface area contributed by atoms with E-state index in [1.165, 1.54) is 9.75 Å². The van der Waals surface area contributed by atoms with Gasteiger partial charge in [-0.15, -0.1) is 35.1 Å². The molecule has 138 valence electrons. The fourth-order valence-corrected chi connectivity index (χ4v) is 4.58. The fourth-order valence-electron chi connectivity index (χ4n) is 2.92. The third kappa shape index (κ3) is 3.98. The summed E-state index contributed by atoms with van der Waals surface area (Å²) in [5.41, 5.74) is 3.64. The van der Waals surface area contributed by atoms with Crippen LogP contribution in [0.1, 0.15) is 31.6 Å². The molecule has 3 aromatic heterocycles. The van der Waals surface area contributed by atoms with E-state index in [-0.39, 0.29) is 18.3 Å². The summed E-state index contributed by atoms with van der Waals surface area (Å²) in [4.78, 5) is 19.3. The van der Waals surface area contributed by atoms with Gasteiger partial charge in [0, 0.05) is 47.6 Å². The zero-order valence-corrected chi connectivity index (χ0v) is 16.7. The van der Waals surface area contributed by atoms with Crippen LogP contribution in [0.3, 0.4) is 0 Å². The van der Waals surface area contributed by atoms with E-state index in [0.29, 0.717) is 18.8 Å². The second-order valence-corrected chi connectivity index (χ2v) is 8.21. The average Bonchev–Trinajstić information content (AvgIpc) is 3.33. The normalized spacial score (nSPS) is 13.1. The molecule has 6 nitrogen and oxygen atoms in total. The van der Waals surface area contributed by atoms with E-state index < -0.39 is 0 Å². The van der Waals surface area contributed by atoms with E-state index in [1.807, 2.05) is 6.92 Å². The van der Waals surface area contributed by atoms with Crippen molar-refractivity contribution in [2.24, 2.45) is 0 Å². The van der Waals surface area contributed by atoms with Gasteiger partial charge in [-0.2, -0.15) is 5.10 Å². The topological polar surface area (TPSA) is 82.7 Å². The van der Waals surface area contributed by atoms with Crippen molar-refractivity contribution in [3.8, 4) is 10.6 Å². The van der Waals surface area contributed by atoms with Crippen LogP contribution in [-0.2, 0) is 19.4 Å². The number of hydrogen-bond acceptors (Lipinski definition) is 6. The summed E-state index contributed by atoms with van der Waals surface area (Å²) in [7, 11) is 0. The Hall–Kier alpha value is -1.74. The monoisotopic (exact) mass is 409 g/mol. The number of carbonyl (C=O) groups excluding carboxylic acids is 1. The molecule has 0 fully saturated rings. The maximum absolute atomic E-state index is 12.4. The third-order valence-electron chi connectivity index (χ3n) is 4.21. The summed E-state index contributed by atoms with van der Waals surface area (Å²) in [5, 5.41) is 16.6. The van der Waals surface area contributed by atoms with Crippen LogP contribution >= 0.6 is 35.1 Å². The van der Waals surface area contributed by atoms with Crippen LogP contribution in [0.2, 0.25) is 0 Å². The van der Waals surface area contributed by atoms with Gasteiger partial charge in [-0.05, 0) is 25.5 Å². The summed E-state index contributed by atoms with van der Waals surface area (Å²) in [6.07, 6.45) is 1.70. The Labute approximate surface area is 165 Å². The summed E-state index contributed by atoms with van der Waals surface area (Å²) in [5.74, 6) is -0.104. The fraction of sp³-hybridized carbons (Fsp3) is 0.353. The van der Waals surface area contributed by atoms with Gasteiger partial charge in [0.2, 0.25) is 0 Å². The van der Waals surface area contributed by atoms with Crippen LogP contribution in [0.4, 0.5) is 0 Å². The Morgan fingerprint density at radius 1 is 1.38 bits per heavy atom. The second-order valence-electron chi connectivity index (χ2n) is 5.98. The molecule has 0 unspecified atom stereocenters. The van der Waals surface area contributed by atoms with Crippen molar-refractivity contribution in [2.45, 2.75) is 26.3 Å². The molecule has 0 saturated heterocycles. The van der Waals surface area contributed by atoms with Gasteiger partial charge < -0.3 is 10.6 Å². The van der Waals surface area contributed by atoms with Gasteiger partial charge >= 0.3 is 0 Å². The summed E-state index contributed by atoms with van der Waals surface area (Å²) >= 11 is 3.40. The zero-order valence-electron chi connectivity index (χ0n) is 14.3. The van der Waals surface area contributed by atoms with E-state index in [9.17, 15) is 4.79 Å². The molecule has 0 spiro atoms. The van der Waals surface area contributed by atoms with Crippen molar-refractivity contribution in [2.75, 3.05) is 13.1 Å². The first-order chi connectivity index (χ1) is 12.2. The predicted molar refractivity (Wildman–Crippen MR) is 107 cm³/mol. The Morgan fingerprint density at radius 2 is 2.27 bits per heavy atom. The number of hydrogen-bond donors (Lipinski definition) is 3. The molecular formula is C17H20ClN5OS2. The Morgan fingerprint density at radius 3 is 3.08 bits per heavy atom. The van der Waals surface area contributed by atoms with E-state index in [0.717, 1.165) is 41.3 Å². The maximum atomic E-state index is 12.4. The predicted octanol–water partition coefficient (Wildman–Crippen LogP) is 2.94. The van der Waals surface area contributed by atoms with E-state index >= 15 is 0 Å². The number of H-pyrrole nitrogens is 1. The lowest BCUT2D eigenvalue weighted by Crippen LogP contribution is -2.29. The molecule has 0 saturated carbocycles. The van der Waals surface area contributed by atoms with Gasteiger partial charge in [0.15, 0.2) is 5.69 Å². The minimum atomic E-state index is -0.104. The molecule has 0 radical (unpaired) electrons. The van der Waals surface area contributed by atoms with Crippen molar-refractivity contribution in [3.63, 3.8) is 0 Å². The highest BCUT2D eigenvalue weighted by Crippen LogP contribution is 2.29. The smallest absolute Gasteiger partial charge is 0.272 e. The zero-order chi connectivity index (χ0) is 17.2. The van der Waals surface area contributed by atoms with Crippen molar-refractivity contribution >= 4 is 41.0 Å². The largest absolute Gasteiger partial charge is 0.350 e. The summed E-state index contributed by atoms with van der Waals surface area (Å²) in [6, 6.07) is 4.22. The Bertz CT molecular complexity index is 901. The lowest BCUT2D eigenvalue weighted by Gasteiger charge is -2.12. The summed E-state index contributed by atoms with van der Waals surface area (Å²) < 4.78 is 0. The van der Waals surface area contributed by atoms with Crippen LogP contribution in [-0.4, -0.2) is 34.2 Å². The highest BCUT2D eigenvalue weighted by atomic mass is 35.5. The molecule has 1 aliphatic rings. The SMILES string of the molecule is Cc1nc(-c2ccc(CCNC(=O)c3n[nH]c4c3CNCC4)s2)cs1.Cl. The standard InChI is InChI=1S/C17H19N5OS2.ClH/c1-10-20-14(9-24-10)15-3-2-11(25-15)4-7-19-17(23)16-12-8-18-6-5-13(12)21-22-16;/h2-3,9,18H,4-8H2,1H3,(H,19,23)(H,21,22);1H. The van der Waals surface area contributed by atoms with Crippen molar-refractivity contribution in [3.05, 3.63) is 44.3 Å². The van der Waals surface area contributed by atoms with Crippen LogP contribution in [0.5, 0.6) is 0 Å². The van der Waals surface area contributed by atoms with Crippen LogP contribution in [0, 0.1) is 6.92 Å². The molecule has 9 heteroatoms. The first-order valence-electron chi connectivity index (χ1n) is 8.27. The van der Waals surface area contributed by atoms with Gasteiger partial charge in [0.1, 0.15) is 0 Å². The maximum Gasteiger partial charge on any atom is 0.272 e. The highest BCUT2D eigenvalue weighted by Gasteiger charge is 2.21. The van der Waals surface area contributed by atoms with Gasteiger partial charge in [-0.1, -0.05) is 0 Å². The molecule has 0 bridgehead atoms. The number of aromatic amines is 1. The number of carbonyl (C=O) groups is 1. The molecule has 0 atom stereocenters. The molecule has 3 N–H and O–H groups in total. The first kappa shape index (κ1) is 19.0. The molecule has 1 aliphatic heterocycles. The third-order valence-corrected chi connectivity index (χ3v) is 6.15. The quantitative estimate of drug-likeness (QED) is 0.605. The number of halogens is 1. The Kier molecular flexibility index (Phi) is 6.08. The van der Waals surface area contributed by atoms with Gasteiger partial charge in [-0.25, -0.2) is 4.98 Å². The number of nitrogens with zero attached hydrogens (tertiary/aromatic N) is 2. The number of rotatable bonds is 5. The number of thiazole rings is 1. The van der Waals surface area contributed by atoms with Gasteiger partial charge in [0.25, 0.3) is 5.91 Å². The van der Waals surface area contributed by atoms with Gasteiger partial charge in [-0.3, -0.25) is 9.89 Å². The molecule has 1 amide bonds. The first-order valence-corrected chi connectivity index (χ1v) is 9.96. The number of aryl methyl sites for hydroxylation is 1. The van der Waals surface area contributed by atoms with Crippen LogP contribution in [0.25, 0.3) is 10.6 Å². The summed E-state index contributed by atoms with van der Waals surface area (Å²) in [6.45, 7) is 4.25. The van der Waals surface area contributed by atoms with Crippen molar-refractivity contribution in [1.29, 1.82) is 0 Å². The lowest BCUT2D eigenvalue weighted by atomic mass is 10.1.